The van der Waals surface area contributed by atoms with Gasteiger partial charge >= 0.3 is 0 Å². The van der Waals surface area contributed by atoms with Crippen molar-refractivity contribution in [3.8, 4) is 0 Å². The van der Waals surface area contributed by atoms with Crippen LogP contribution in [0.5, 0.6) is 0 Å². The van der Waals surface area contributed by atoms with Crippen LogP contribution in [-0.4, -0.2) is 21.5 Å². The zero-order chi connectivity index (χ0) is 22.1. The van der Waals surface area contributed by atoms with Crippen LogP contribution in [0, 0.1) is 11.7 Å². The summed E-state index contributed by atoms with van der Waals surface area (Å²) >= 11 is 12.5. The molecule has 8 heteroatoms. The summed E-state index contributed by atoms with van der Waals surface area (Å²) in [5, 5.41) is 7.00. The topological polar surface area (TPSA) is 59.0 Å². The molecule has 1 aliphatic rings. The first-order chi connectivity index (χ1) is 14.9. The van der Waals surface area contributed by atoms with Crippen LogP contribution in [-0.2, 0) is 7.05 Å². The second-order valence-corrected chi connectivity index (χ2v) is 8.95. The van der Waals surface area contributed by atoms with Crippen molar-refractivity contribution in [3.05, 3.63) is 51.8 Å². The number of carbonyl (C=O) groups is 1. The van der Waals surface area contributed by atoms with E-state index in [1.165, 1.54) is 18.6 Å². The first-order valence-corrected chi connectivity index (χ1v) is 11.3. The molecule has 0 radical (unpaired) electrons. The molecular formula is C23H25Cl2FN4O. The van der Waals surface area contributed by atoms with E-state index in [1.807, 2.05) is 0 Å². The number of halogens is 3. The van der Waals surface area contributed by atoms with E-state index in [4.69, 9.17) is 23.2 Å². The van der Waals surface area contributed by atoms with Gasteiger partial charge in [-0.1, -0.05) is 42.6 Å². The van der Waals surface area contributed by atoms with Crippen molar-refractivity contribution < 1.29 is 9.18 Å². The molecule has 2 aromatic carbocycles. The molecular weight excluding hydrogens is 438 g/mol. The van der Waals surface area contributed by atoms with Crippen molar-refractivity contribution in [2.24, 2.45) is 13.0 Å². The number of hydrogen-bond donors (Lipinski definition) is 2. The van der Waals surface area contributed by atoms with Gasteiger partial charge in [0.15, 0.2) is 0 Å². The highest BCUT2D eigenvalue weighted by atomic mass is 35.5. The lowest BCUT2D eigenvalue weighted by Gasteiger charge is -2.28. The van der Waals surface area contributed by atoms with Gasteiger partial charge in [-0.15, -0.1) is 0 Å². The van der Waals surface area contributed by atoms with E-state index in [1.54, 1.807) is 29.8 Å². The summed E-state index contributed by atoms with van der Waals surface area (Å²) in [6, 6.07) is 8.11. The molecule has 1 saturated carbocycles. The number of carbonyl (C=O) groups excluding carboxylic acids is 1. The van der Waals surface area contributed by atoms with Gasteiger partial charge in [-0.05, 0) is 49.8 Å². The average molecular weight is 463 g/mol. The second kappa shape index (κ2) is 9.05. The molecule has 0 atom stereocenters. The van der Waals surface area contributed by atoms with E-state index in [-0.39, 0.29) is 11.6 Å². The maximum absolute atomic E-state index is 14.8. The van der Waals surface area contributed by atoms with Gasteiger partial charge in [-0.3, -0.25) is 4.79 Å². The van der Waals surface area contributed by atoms with Gasteiger partial charge in [-0.25, -0.2) is 9.37 Å². The summed E-state index contributed by atoms with van der Waals surface area (Å²) in [6.07, 6.45) is 5.24. The van der Waals surface area contributed by atoms with E-state index in [2.05, 4.69) is 22.5 Å². The number of nitrogens with one attached hydrogen (secondary N) is 2. The SMILES string of the molecule is CCC1CCC(NC(=O)c2cc3nc(Nc4c(Cl)cccc4Cl)n(C)c3cc2F)CC1. The van der Waals surface area contributed by atoms with Crippen molar-refractivity contribution in [1.82, 2.24) is 14.9 Å². The van der Waals surface area contributed by atoms with Crippen LogP contribution >= 0.6 is 23.2 Å². The number of benzene rings is 2. The Bertz CT molecular complexity index is 1100. The minimum atomic E-state index is -0.572. The number of aryl methyl sites for hydroxylation is 1. The summed E-state index contributed by atoms with van der Waals surface area (Å²) in [5.41, 5.74) is 1.59. The van der Waals surface area contributed by atoms with E-state index in [0.29, 0.717) is 32.7 Å². The maximum atomic E-state index is 14.8. The molecule has 1 aromatic heterocycles. The van der Waals surface area contributed by atoms with Gasteiger partial charge in [0.05, 0.1) is 32.3 Å². The van der Waals surface area contributed by atoms with Crippen LogP contribution in [0.4, 0.5) is 16.0 Å². The van der Waals surface area contributed by atoms with Gasteiger partial charge < -0.3 is 15.2 Å². The largest absolute Gasteiger partial charge is 0.349 e. The molecule has 5 nitrogen and oxygen atoms in total. The molecule has 2 N–H and O–H groups in total. The summed E-state index contributed by atoms with van der Waals surface area (Å²) in [4.78, 5) is 17.3. The van der Waals surface area contributed by atoms with Crippen molar-refractivity contribution in [1.29, 1.82) is 0 Å². The molecule has 0 saturated heterocycles. The molecule has 4 rings (SSSR count). The smallest absolute Gasteiger partial charge is 0.254 e. The van der Waals surface area contributed by atoms with Crippen molar-refractivity contribution in [3.63, 3.8) is 0 Å². The van der Waals surface area contributed by atoms with Gasteiger partial charge in [0.2, 0.25) is 5.95 Å². The number of rotatable bonds is 5. The number of imidazole rings is 1. The lowest BCUT2D eigenvalue weighted by atomic mass is 9.84. The molecule has 0 unspecified atom stereocenters. The Balaban J connectivity index is 1.58. The summed E-state index contributed by atoms with van der Waals surface area (Å²) < 4.78 is 16.5. The number of hydrogen-bond acceptors (Lipinski definition) is 3. The third-order valence-corrected chi connectivity index (χ3v) is 6.80. The normalized spacial score (nSPS) is 18.9. The number of para-hydroxylation sites is 1. The summed E-state index contributed by atoms with van der Waals surface area (Å²) in [7, 11) is 1.76. The van der Waals surface area contributed by atoms with Crippen LogP contribution < -0.4 is 10.6 Å². The molecule has 0 spiro atoms. The standard InChI is InChI=1S/C23H25Cl2FN4O/c1-3-13-7-9-14(10-8-13)27-22(31)15-11-19-20(12-18(15)26)30(2)23(28-19)29-21-16(24)5-4-6-17(21)25/h4-6,11-14H,3,7-10H2,1-2H3,(H,27,31)(H,28,29). The molecule has 31 heavy (non-hydrogen) atoms. The van der Waals surface area contributed by atoms with Crippen LogP contribution in [0.2, 0.25) is 10.0 Å². The molecule has 3 aromatic rings. The predicted octanol–water partition coefficient (Wildman–Crippen LogP) is 6.46. The fourth-order valence-electron chi connectivity index (χ4n) is 4.21. The third-order valence-electron chi connectivity index (χ3n) is 6.17. The van der Waals surface area contributed by atoms with Crippen LogP contribution in [0.1, 0.15) is 49.4 Å². The average Bonchev–Trinajstić information content (AvgIpc) is 3.05. The Morgan fingerprint density at radius 3 is 2.52 bits per heavy atom. The van der Waals surface area contributed by atoms with Crippen molar-refractivity contribution >= 4 is 51.8 Å². The molecule has 0 bridgehead atoms. The fraction of sp³-hybridized carbons (Fsp3) is 0.391. The zero-order valence-corrected chi connectivity index (χ0v) is 19.0. The molecule has 164 valence electrons. The highest BCUT2D eigenvalue weighted by Crippen LogP contribution is 2.33. The quantitative estimate of drug-likeness (QED) is 0.457. The molecule has 1 heterocycles. The second-order valence-electron chi connectivity index (χ2n) is 8.14. The highest BCUT2D eigenvalue weighted by molar-refractivity contribution is 6.39. The third kappa shape index (κ3) is 4.51. The maximum Gasteiger partial charge on any atom is 0.254 e. The number of fused-ring (bicyclic) bond motifs is 1. The van der Waals surface area contributed by atoms with Crippen molar-refractivity contribution in [2.75, 3.05) is 5.32 Å². The van der Waals surface area contributed by atoms with Gasteiger partial charge in [-0.2, -0.15) is 0 Å². The minimum Gasteiger partial charge on any atom is -0.349 e. The van der Waals surface area contributed by atoms with Crippen LogP contribution in [0.3, 0.4) is 0 Å². The molecule has 1 fully saturated rings. The summed E-state index contributed by atoms with van der Waals surface area (Å²) in [6.45, 7) is 2.20. The van der Waals surface area contributed by atoms with E-state index in [0.717, 1.165) is 31.6 Å². The van der Waals surface area contributed by atoms with Gasteiger partial charge in [0.1, 0.15) is 5.82 Å². The Labute approximate surface area is 190 Å². The monoisotopic (exact) mass is 462 g/mol. The Morgan fingerprint density at radius 2 is 1.87 bits per heavy atom. The van der Waals surface area contributed by atoms with E-state index >= 15 is 0 Å². The number of anilines is 2. The first kappa shape index (κ1) is 21.9. The molecule has 0 aliphatic heterocycles. The first-order valence-electron chi connectivity index (χ1n) is 10.5. The van der Waals surface area contributed by atoms with Gasteiger partial charge in [0, 0.05) is 19.2 Å². The van der Waals surface area contributed by atoms with Crippen LogP contribution in [0.15, 0.2) is 30.3 Å². The van der Waals surface area contributed by atoms with E-state index < -0.39 is 11.7 Å². The lowest BCUT2D eigenvalue weighted by Crippen LogP contribution is -2.38. The highest BCUT2D eigenvalue weighted by Gasteiger charge is 2.24. The zero-order valence-electron chi connectivity index (χ0n) is 17.5. The number of amides is 1. The number of nitrogens with zero attached hydrogens (tertiary/aromatic N) is 2. The predicted molar refractivity (Wildman–Crippen MR) is 124 cm³/mol. The Morgan fingerprint density at radius 1 is 1.19 bits per heavy atom. The minimum absolute atomic E-state index is 0.00513. The van der Waals surface area contributed by atoms with Crippen molar-refractivity contribution in [2.45, 2.75) is 45.1 Å². The lowest BCUT2D eigenvalue weighted by molar-refractivity contribution is 0.0917. The molecule has 1 amide bonds. The summed E-state index contributed by atoms with van der Waals surface area (Å²) in [5.74, 6) is 0.207. The Hall–Kier alpha value is -2.31. The van der Waals surface area contributed by atoms with Gasteiger partial charge in [0.25, 0.3) is 5.91 Å². The van der Waals surface area contributed by atoms with Crippen LogP contribution in [0.25, 0.3) is 11.0 Å². The number of aromatic nitrogens is 2. The Kier molecular flexibility index (Phi) is 6.39. The fourth-order valence-corrected chi connectivity index (χ4v) is 4.70. The van der Waals surface area contributed by atoms with E-state index in [9.17, 15) is 9.18 Å². The molecule has 1 aliphatic carbocycles.